The standard InChI is InChI=1S/C14H23N3O2S2/c1-3-15-9-12-5-6-16-10-13(12)17-7-8-20-11-14(17)21(18,19)4-2/h5-6,10,14-15H,3-4,7-9,11H2,1-2H3. The van der Waals surface area contributed by atoms with Crippen molar-refractivity contribution >= 4 is 27.3 Å². The summed E-state index contributed by atoms with van der Waals surface area (Å²) in [5, 5.41) is 2.86. The highest BCUT2D eigenvalue weighted by Gasteiger charge is 2.33. The minimum absolute atomic E-state index is 0.178. The maximum absolute atomic E-state index is 12.4. The van der Waals surface area contributed by atoms with Crippen LogP contribution < -0.4 is 10.2 Å². The first-order valence-corrected chi connectivity index (χ1v) is 10.2. The molecule has 1 atom stereocenters. The third-order valence-corrected chi connectivity index (χ3v) is 6.95. The third kappa shape index (κ3) is 3.90. The van der Waals surface area contributed by atoms with Gasteiger partial charge >= 0.3 is 0 Å². The van der Waals surface area contributed by atoms with Crippen LogP contribution >= 0.6 is 11.8 Å². The van der Waals surface area contributed by atoms with Gasteiger partial charge in [0.2, 0.25) is 0 Å². The highest BCUT2D eigenvalue weighted by Crippen LogP contribution is 2.29. The van der Waals surface area contributed by atoms with Gasteiger partial charge in [-0.15, -0.1) is 0 Å². The first kappa shape index (κ1) is 16.6. The molecule has 0 amide bonds. The maximum Gasteiger partial charge on any atom is 0.171 e. The van der Waals surface area contributed by atoms with Crippen molar-refractivity contribution in [3.63, 3.8) is 0 Å². The topological polar surface area (TPSA) is 62.3 Å². The molecule has 21 heavy (non-hydrogen) atoms. The van der Waals surface area contributed by atoms with Crippen molar-refractivity contribution in [3.8, 4) is 0 Å². The van der Waals surface area contributed by atoms with Crippen molar-refractivity contribution in [1.82, 2.24) is 10.3 Å². The summed E-state index contributed by atoms with van der Waals surface area (Å²) >= 11 is 1.71. The fourth-order valence-electron chi connectivity index (χ4n) is 2.43. The molecule has 0 radical (unpaired) electrons. The second kappa shape index (κ2) is 7.47. The molecule has 1 N–H and O–H groups in total. The Kier molecular flexibility index (Phi) is 5.89. The second-order valence-electron chi connectivity index (χ2n) is 4.96. The lowest BCUT2D eigenvalue weighted by Gasteiger charge is -2.37. The normalized spacial score (nSPS) is 19.7. The number of nitrogens with zero attached hydrogens (tertiary/aromatic N) is 2. The van der Waals surface area contributed by atoms with Crippen LogP contribution in [0.4, 0.5) is 5.69 Å². The van der Waals surface area contributed by atoms with Gasteiger partial charge in [-0.05, 0) is 18.2 Å². The van der Waals surface area contributed by atoms with Gasteiger partial charge in [0.1, 0.15) is 5.37 Å². The minimum Gasteiger partial charge on any atom is -0.352 e. The van der Waals surface area contributed by atoms with Crippen LogP contribution in [0, 0.1) is 0 Å². The lowest BCUT2D eigenvalue weighted by atomic mass is 10.2. The van der Waals surface area contributed by atoms with Crippen molar-refractivity contribution in [2.75, 3.05) is 35.2 Å². The number of rotatable bonds is 6. The number of hydrogen-bond acceptors (Lipinski definition) is 6. The van der Waals surface area contributed by atoms with Crippen LogP contribution in [0.3, 0.4) is 0 Å². The average Bonchev–Trinajstić information content (AvgIpc) is 2.53. The molecule has 1 aromatic heterocycles. The summed E-state index contributed by atoms with van der Waals surface area (Å²) in [4.78, 5) is 6.22. The molecule has 0 bridgehead atoms. The van der Waals surface area contributed by atoms with Gasteiger partial charge in [0.15, 0.2) is 9.84 Å². The van der Waals surface area contributed by atoms with Gasteiger partial charge in [-0.1, -0.05) is 13.8 Å². The zero-order valence-electron chi connectivity index (χ0n) is 12.6. The van der Waals surface area contributed by atoms with Crippen LogP contribution in [0.5, 0.6) is 0 Å². The summed E-state index contributed by atoms with van der Waals surface area (Å²) in [6.45, 7) is 6.14. The predicted molar refractivity (Wildman–Crippen MR) is 89.5 cm³/mol. The Morgan fingerprint density at radius 2 is 2.29 bits per heavy atom. The largest absolute Gasteiger partial charge is 0.352 e. The molecule has 5 nitrogen and oxygen atoms in total. The second-order valence-corrected chi connectivity index (χ2v) is 8.56. The number of hydrogen-bond donors (Lipinski definition) is 1. The lowest BCUT2D eigenvalue weighted by molar-refractivity contribution is 0.579. The first-order valence-electron chi connectivity index (χ1n) is 7.29. The highest BCUT2D eigenvalue weighted by molar-refractivity contribution is 8.01. The quantitative estimate of drug-likeness (QED) is 0.853. The maximum atomic E-state index is 12.4. The van der Waals surface area contributed by atoms with Gasteiger partial charge < -0.3 is 10.2 Å². The van der Waals surface area contributed by atoms with E-state index < -0.39 is 15.2 Å². The Morgan fingerprint density at radius 1 is 1.48 bits per heavy atom. The van der Waals surface area contributed by atoms with Crippen molar-refractivity contribution in [1.29, 1.82) is 0 Å². The molecule has 0 spiro atoms. The van der Waals surface area contributed by atoms with E-state index in [9.17, 15) is 8.42 Å². The molecule has 0 aromatic carbocycles. The number of pyridine rings is 1. The van der Waals surface area contributed by atoms with E-state index in [2.05, 4.69) is 17.2 Å². The van der Waals surface area contributed by atoms with Crippen LogP contribution in [-0.4, -0.2) is 49.1 Å². The average molecular weight is 329 g/mol. The molecule has 1 aromatic rings. The third-order valence-electron chi connectivity index (χ3n) is 3.66. The molecule has 0 aliphatic carbocycles. The van der Waals surface area contributed by atoms with E-state index in [0.29, 0.717) is 5.75 Å². The molecule has 1 saturated heterocycles. The van der Waals surface area contributed by atoms with E-state index in [1.807, 2.05) is 11.0 Å². The number of aromatic nitrogens is 1. The number of sulfone groups is 1. The van der Waals surface area contributed by atoms with E-state index in [1.165, 1.54) is 0 Å². The predicted octanol–water partition coefficient (Wildman–Crippen LogP) is 1.51. The molecule has 118 valence electrons. The lowest BCUT2D eigenvalue weighted by Crippen LogP contribution is -2.48. The Labute approximate surface area is 131 Å². The SMILES string of the molecule is CCNCc1ccncc1N1CCSCC1S(=O)(=O)CC. The van der Waals surface area contributed by atoms with Gasteiger partial charge in [-0.3, -0.25) is 4.98 Å². The Balaban J connectivity index is 2.33. The van der Waals surface area contributed by atoms with Gasteiger partial charge in [0.05, 0.1) is 11.9 Å². The summed E-state index contributed by atoms with van der Waals surface area (Å²) < 4.78 is 24.7. The van der Waals surface area contributed by atoms with Crippen LogP contribution in [0.2, 0.25) is 0 Å². The fourth-order valence-corrected chi connectivity index (χ4v) is 5.41. The highest BCUT2D eigenvalue weighted by atomic mass is 32.2. The Bertz CT molecular complexity index is 563. The molecule has 1 aliphatic rings. The molecular weight excluding hydrogens is 306 g/mol. The van der Waals surface area contributed by atoms with E-state index in [1.54, 1.807) is 31.1 Å². The monoisotopic (exact) mass is 329 g/mol. The molecule has 1 fully saturated rings. The van der Waals surface area contributed by atoms with Gasteiger partial charge in [0.25, 0.3) is 0 Å². The van der Waals surface area contributed by atoms with E-state index >= 15 is 0 Å². The summed E-state index contributed by atoms with van der Waals surface area (Å²) in [5.74, 6) is 1.76. The van der Waals surface area contributed by atoms with Crippen LogP contribution in [0.15, 0.2) is 18.5 Å². The van der Waals surface area contributed by atoms with Crippen molar-refractivity contribution in [2.45, 2.75) is 25.8 Å². The van der Waals surface area contributed by atoms with Gasteiger partial charge in [-0.25, -0.2) is 8.42 Å². The number of anilines is 1. The molecule has 1 unspecified atom stereocenters. The summed E-state index contributed by atoms with van der Waals surface area (Å²) in [6.07, 6.45) is 3.55. The van der Waals surface area contributed by atoms with Gasteiger partial charge in [-0.2, -0.15) is 11.8 Å². The summed E-state index contributed by atoms with van der Waals surface area (Å²) in [5.41, 5.74) is 2.05. The molecule has 1 aliphatic heterocycles. The number of thioether (sulfide) groups is 1. The van der Waals surface area contributed by atoms with E-state index in [4.69, 9.17) is 0 Å². The van der Waals surface area contributed by atoms with Crippen LogP contribution in [0.1, 0.15) is 19.4 Å². The van der Waals surface area contributed by atoms with E-state index in [-0.39, 0.29) is 5.75 Å². The molecule has 0 saturated carbocycles. The van der Waals surface area contributed by atoms with Crippen LogP contribution in [-0.2, 0) is 16.4 Å². The van der Waals surface area contributed by atoms with Gasteiger partial charge in [0, 0.05) is 36.5 Å². The molecule has 7 heteroatoms. The smallest absolute Gasteiger partial charge is 0.171 e. The van der Waals surface area contributed by atoms with Crippen LogP contribution in [0.25, 0.3) is 0 Å². The summed E-state index contributed by atoms with van der Waals surface area (Å²) in [7, 11) is -3.10. The molecule has 2 rings (SSSR count). The van der Waals surface area contributed by atoms with Crippen molar-refractivity contribution < 1.29 is 8.42 Å². The Hall–Kier alpha value is -0.790. The van der Waals surface area contributed by atoms with Crippen molar-refractivity contribution in [3.05, 3.63) is 24.0 Å². The Morgan fingerprint density at radius 3 is 3.00 bits per heavy atom. The van der Waals surface area contributed by atoms with E-state index in [0.717, 1.165) is 36.6 Å². The first-order chi connectivity index (χ1) is 10.1. The zero-order chi connectivity index (χ0) is 15.3. The molecule has 2 heterocycles. The van der Waals surface area contributed by atoms with Crippen molar-refractivity contribution in [2.24, 2.45) is 0 Å². The number of nitrogens with one attached hydrogen (secondary N) is 1. The summed E-state index contributed by atoms with van der Waals surface area (Å²) in [6, 6.07) is 1.97. The molecular formula is C14H23N3O2S2. The fraction of sp³-hybridized carbons (Fsp3) is 0.643. The minimum atomic E-state index is -3.10. The zero-order valence-corrected chi connectivity index (χ0v) is 14.2.